The van der Waals surface area contributed by atoms with E-state index in [9.17, 15) is 0 Å². The maximum Gasteiger partial charge on any atom is 0.0728 e. The molecule has 0 N–H and O–H groups in total. The van der Waals surface area contributed by atoms with Crippen LogP contribution in [0.5, 0.6) is 0 Å². The zero-order chi connectivity index (χ0) is 90.8. The summed E-state index contributed by atoms with van der Waals surface area (Å²) in [7, 11) is 0. The Morgan fingerprint density at radius 2 is 0.368 bits per heavy atom. The second-order valence-corrected chi connectivity index (χ2v) is 35.2. The molecule has 0 fully saturated rings. The van der Waals surface area contributed by atoms with Crippen molar-refractivity contribution in [1.29, 1.82) is 0 Å². The Hall–Kier alpha value is -17.6. The maximum absolute atomic E-state index is 5.41. The first-order valence-electron chi connectivity index (χ1n) is 46.7. The highest BCUT2D eigenvalue weighted by molar-refractivity contribution is 6.25. The summed E-state index contributed by atoms with van der Waals surface area (Å²) in [5, 5.41) is 19.8. The standard InChI is InChI=1S/C49H33N.C43H31N.C41H27N/c1-4-15-34(16-5-1)36-27-29-38(30-28-36)48-42-23-10-12-25-44(42)49(45-26-13-11-24-43(45)48)40-22-14-21-39(31-40)47-33-41(35-17-6-2-7-18-35)32-46(50-47)37-19-8-3-9-20-37;1-28-23-29(2)25-33(24-28)42-36-18-8-10-20-38(36)43(39-21-11-9-19-37(39)42)41-27-32(26-40(44-41)31-14-4-3-5-15-31)35-22-12-16-30-13-6-7-17-34(30)35;1-3-14-29(15-4-1)38-26-33(27-39(42-38)30-16-5-2-6-17-30)41-36-21-11-9-19-34(36)40(35-20-10-12-22-37(35)41)32-24-23-28-13-7-8-18-31(28)25-32/h1-33H;3-27H,1-2H3;1-27H. The van der Waals surface area contributed by atoms with Crippen molar-refractivity contribution in [3.05, 3.63) is 527 Å². The Labute approximate surface area is 792 Å². The van der Waals surface area contributed by atoms with Gasteiger partial charge in [-0.3, -0.25) is 0 Å². The van der Waals surface area contributed by atoms with Crippen LogP contribution in [0.2, 0.25) is 0 Å². The molecule has 0 aliphatic rings. The third kappa shape index (κ3) is 16.2. The van der Waals surface area contributed by atoms with E-state index in [0.717, 1.165) is 73.1 Å². The Kier molecular flexibility index (Phi) is 22.3. The number of pyridine rings is 3. The van der Waals surface area contributed by atoms with Gasteiger partial charge in [-0.2, -0.15) is 0 Å². The van der Waals surface area contributed by atoms with Crippen molar-refractivity contribution in [2.75, 3.05) is 0 Å². The molecule has 3 nitrogen and oxygen atoms in total. The lowest BCUT2D eigenvalue weighted by Gasteiger charge is -2.19. The SMILES string of the molecule is Cc1cc(C)cc(-c2c3ccccc3c(-c3cc(-c4cccc5ccccc45)cc(-c4ccccc4)n3)c3ccccc23)c1.c1ccc(-c2cc(-c3c4ccccc4c(-c4ccc5ccccc5c4)c4ccccc34)cc(-c3ccccc3)n2)cc1.c1ccc(-c2ccc(-c3c4ccccc4c(-c4cccc(-c5cc(-c6ccccc6)cc(-c6ccccc6)n5)c4)c4ccccc34)cc2)cc1. The molecular formula is C133H91N3. The van der Waals surface area contributed by atoms with E-state index < -0.39 is 0 Å². The van der Waals surface area contributed by atoms with Gasteiger partial charge in [0.05, 0.1) is 34.2 Å². The molecule has 3 aromatic heterocycles. The van der Waals surface area contributed by atoms with E-state index in [1.165, 1.54) is 181 Å². The van der Waals surface area contributed by atoms with Gasteiger partial charge in [-0.15, -0.1) is 0 Å². The monoisotopic (exact) mass is 1730 g/mol. The van der Waals surface area contributed by atoms with E-state index in [1.807, 2.05) is 0 Å². The van der Waals surface area contributed by atoms with Gasteiger partial charge in [0.15, 0.2) is 0 Å². The largest absolute Gasteiger partial charge is 0.248 e. The molecule has 0 aliphatic carbocycles. The van der Waals surface area contributed by atoms with Crippen molar-refractivity contribution in [3.8, 4) is 157 Å². The van der Waals surface area contributed by atoms with Crippen LogP contribution in [0.25, 0.3) is 243 Å². The first-order valence-corrected chi connectivity index (χ1v) is 46.7. The van der Waals surface area contributed by atoms with Gasteiger partial charge in [0.2, 0.25) is 0 Å². The Bertz CT molecular complexity index is 8510. The van der Waals surface area contributed by atoms with E-state index in [4.69, 9.17) is 15.0 Å². The molecule has 638 valence electrons. The zero-order valence-electron chi connectivity index (χ0n) is 75.4. The average Bonchev–Trinajstić information content (AvgIpc) is 0.735. The van der Waals surface area contributed by atoms with Crippen LogP contribution in [-0.2, 0) is 0 Å². The molecule has 0 radical (unpaired) electrons. The molecular weight excluding hydrogens is 1640 g/mol. The van der Waals surface area contributed by atoms with Crippen molar-refractivity contribution in [2.45, 2.75) is 13.8 Å². The summed E-state index contributed by atoms with van der Waals surface area (Å²) in [4.78, 5) is 15.8. The van der Waals surface area contributed by atoms with Crippen molar-refractivity contribution in [1.82, 2.24) is 15.0 Å². The Morgan fingerprint density at radius 1 is 0.118 bits per heavy atom. The highest BCUT2D eigenvalue weighted by Gasteiger charge is 2.25. The van der Waals surface area contributed by atoms with Crippen LogP contribution in [0.3, 0.4) is 0 Å². The summed E-state index contributed by atoms with van der Waals surface area (Å²) in [6, 6.07) is 185. The fourth-order valence-corrected chi connectivity index (χ4v) is 20.4. The Morgan fingerprint density at radius 3 is 0.794 bits per heavy atom. The zero-order valence-corrected chi connectivity index (χ0v) is 75.4. The van der Waals surface area contributed by atoms with Gasteiger partial charge in [0.25, 0.3) is 0 Å². The number of hydrogen-bond acceptors (Lipinski definition) is 3. The van der Waals surface area contributed by atoms with Gasteiger partial charge in [0.1, 0.15) is 0 Å². The maximum atomic E-state index is 5.41. The Balaban J connectivity index is 0.000000115. The molecule has 25 rings (SSSR count). The minimum absolute atomic E-state index is 0.954. The normalized spacial score (nSPS) is 11.3. The number of aromatic nitrogens is 3. The molecule has 0 bridgehead atoms. The van der Waals surface area contributed by atoms with E-state index >= 15 is 0 Å². The lowest BCUT2D eigenvalue weighted by atomic mass is 9.85. The molecule has 0 unspecified atom stereocenters. The van der Waals surface area contributed by atoms with Crippen LogP contribution in [0.15, 0.2) is 516 Å². The van der Waals surface area contributed by atoms with Crippen LogP contribution in [-0.4, -0.2) is 15.0 Å². The fourth-order valence-electron chi connectivity index (χ4n) is 20.4. The summed E-state index contributed by atoms with van der Waals surface area (Å²) >= 11 is 0. The van der Waals surface area contributed by atoms with Gasteiger partial charge in [-0.05, 0) is 238 Å². The average molecular weight is 1730 g/mol. The van der Waals surface area contributed by atoms with Gasteiger partial charge >= 0.3 is 0 Å². The summed E-state index contributed by atoms with van der Waals surface area (Å²) in [6.07, 6.45) is 0. The van der Waals surface area contributed by atoms with E-state index in [1.54, 1.807) is 0 Å². The topological polar surface area (TPSA) is 38.7 Å². The van der Waals surface area contributed by atoms with Gasteiger partial charge in [-0.25, -0.2) is 15.0 Å². The molecule has 0 spiro atoms. The third-order valence-corrected chi connectivity index (χ3v) is 26.6. The number of benzene rings is 22. The quantitative estimate of drug-likeness (QED) is 0.102. The minimum Gasteiger partial charge on any atom is -0.248 e. The summed E-state index contributed by atoms with van der Waals surface area (Å²) in [6.45, 7) is 4.37. The van der Waals surface area contributed by atoms with Crippen LogP contribution < -0.4 is 0 Å². The van der Waals surface area contributed by atoms with E-state index in [-0.39, 0.29) is 0 Å². The molecule has 3 heterocycles. The predicted octanol–water partition coefficient (Wildman–Crippen LogP) is 36.4. The number of fused-ring (bicyclic) bond motifs is 8. The third-order valence-electron chi connectivity index (χ3n) is 26.6. The molecule has 25 aromatic rings. The van der Waals surface area contributed by atoms with Crippen molar-refractivity contribution >= 4 is 86.2 Å². The number of rotatable bonds is 14. The first-order chi connectivity index (χ1) is 67.3. The number of aryl methyl sites for hydroxylation is 2. The van der Waals surface area contributed by atoms with Crippen molar-refractivity contribution in [3.63, 3.8) is 0 Å². The molecule has 0 aliphatic heterocycles. The molecule has 0 saturated heterocycles. The highest BCUT2D eigenvalue weighted by Crippen LogP contribution is 2.50. The highest BCUT2D eigenvalue weighted by atomic mass is 14.7. The van der Waals surface area contributed by atoms with Crippen LogP contribution in [0, 0.1) is 13.8 Å². The lowest BCUT2D eigenvalue weighted by molar-refractivity contribution is 1.32. The van der Waals surface area contributed by atoms with E-state index in [0.29, 0.717) is 0 Å². The molecule has 3 heteroatoms. The van der Waals surface area contributed by atoms with Gasteiger partial charge in [-0.1, -0.05) is 478 Å². The second kappa shape index (κ2) is 36.6. The molecule has 0 amide bonds. The van der Waals surface area contributed by atoms with Gasteiger partial charge < -0.3 is 0 Å². The van der Waals surface area contributed by atoms with Crippen LogP contribution in [0.1, 0.15) is 11.1 Å². The molecule has 22 aromatic carbocycles. The summed E-state index contributed by atoms with van der Waals surface area (Å²) in [5.74, 6) is 0. The van der Waals surface area contributed by atoms with Crippen molar-refractivity contribution < 1.29 is 0 Å². The lowest BCUT2D eigenvalue weighted by Crippen LogP contribution is -1.95. The molecule has 136 heavy (non-hydrogen) atoms. The molecule has 0 atom stereocenters. The first kappa shape index (κ1) is 82.8. The van der Waals surface area contributed by atoms with Gasteiger partial charge in [0, 0.05) is 33.4 Å². The van der Waals surface area contributed by atoms with Crippen LogP contribution in [0.4, 0.5) is 0 Å². The summed E-state index contributed by atoms with van der Waals surface area (Å²) in [5.41, 5.74) is 34.5. The minimum atomic E-state index is 0.954. The molecule has 0 saturated carbocycles. The number of hydrogen-bond donors (Lipinski definition) is 0. The second-order valence-electron chi connectivity index (χ2n) is 35.2. The van der Waals surface area contributed by atoms with Crippen molar-refractivity contribution in [2.24, 2.45) is 0 Å². The summed E-state index contributed by atoms with van der Waals surface area (Å²) < 4.78 is 0. The fraction of sp³-hybridized carbons (Fsp3) is 0.0150. The number of nitrogens with zero attached hydrogens (tertiary/aromatic N) is 3. The predicted molar refractivity (Wildman–Crippen MR) is 578 cm³/mol. The van der Waals surface area contributed by atoms with Crippen LogP contribution >= 0.6 is 0 Å². The smallest absolute Gasteiger partial charge is 0.0728 e. The van der Waals surface area contributed by atoms with E-state index in [2.05, 4.69) is 529 Å².